The van der Waals surface area contributed by atoms with Crippen molar-refractivity contribution < 1.29 is 14.3 Å². The number of aliphatic hydroxyl groups excluding tert-OH is 1. The fourth-order valence-electron chi connectivity index (χ4n) is 2.01. The molecule has 0 saturated heterocycles. The van der Waals surface area contributed by atoms with E-state index in [-0.39, 0.29) is 0 Å². The molecular weight excluding hydrogens is 238 g/mol. The molecule has 1 N–H and O–H groups in total. The van der Waals surface area contributed by atoms with E-state index in [4.69, 9.17) is 4.74 Å². The molecule has 0 unspecified atom stereocenters. The Hall–Kier alpha value is -1.06. The van der Waals surface area contributed by atoms with Gasteiger partial charge in [0, 0.05) is 0 Å². The molecule has 0 saturated carbocycles. The lowest BCUT2D eigenvalue weighted by Gasteiger charge is -2.35. The summed E-state index contributed by atoms with van der Waals surface area (Å²) >= 11 is 0. The maximum Gasteiger partial charge on any atom is 0.137 e. The molecule has 0 aliphatic heterocycles. The van der Waals surface area contributed by atoms with E-state index in [0.29, 0.717) is 19.2 Å². The minimum atomic E-state index is -0.448. The topological polar surface area (TPSA) is 29.5 Å². The summed E-state index contributed by atoms with van der Waals surface area (Å²) in [4.78, 5) is 0. The van der Waals surface area contributed by atoms with E-state index >= 15 is 0 Å². The van der Waals surface area contributed by atoms with Crippen LogP contribution in [0, 0.1) is 13.8 Å². The Morgan fingerprint density at radius 1 is 1.16 bits per heavy atom. The van der Waals surface area contributed by atoms with E-state index < -0.39 is 6.10 Å². The molecule has 0 amide bonds. The fourth-order valence-corrected chi connectivity index (χ4v) is 2.01. The van der Waals surface area contributed by atoms with Gasteiger partial charge >= 0.3 is 0 Å². The van der Waals surface area contributed by atoms with Crippen molar-refractivity contribution in [2.24, 2.45) is 0 Å². The summed E-state index contributed by atoms with van der Waals surface area (Å²) in [5.41, 5.74) is 2.23. The zero-order valence-corrected chi connectivity index (χ0v) is 13.1. The van der Waals surface area contributed by atoms with Crippen LogP contribution in [0.15, 0.2) is 18.2 Å². The van der Waals surface area contributed by atoms with Crippen LogP contribution < -0.4 is 4.74 Å². The summed E-state index contributed by atoms with van der Waals surface area (Å²) in [6.45, 7) is 9.44. The lowest BCUT2D eigenvalue weighted by Crippen LogP contribution is -2.51. The number of aryl methyl sites for hydroxylation is 2. The molecule has 0 aliphatic carbocycles. The predicted octanol–water partition coefficient (Wildman–Crippen LogP) is 2.53. The van der Waals surface area contributed by atoms with Gasteiger partial charge in [-0.2, -0.15) is 0 Å². The lowest BCUT2D eigenvalue weighted by atomic mass is 10.1. The van der Waals surface area contributed by atoms with E-state index in [0.717, 1.165) is 21.4 Å². The molecule has 0 heterocycles. The summed E-state index contributed by atoms with van der Waals surface area (Å²) in [7, 11) is 4.26. The highest BCUT2D eigenvalue weighted by atomic mass is 16.5. The van der Waals surface area contributed by atoms with Gasteiger partial charge in [-0.15, -0.1) is 0 Å². The third kappa shape index (κ3) is 4.51. The number of para-hydroxylation sites is 1. The zero-order chi connectivity index (χ0) is 14.6. The summed E-state index contributed by atoms with van der Waals surface area (Å²) < 4.78 is 6.58. The van der Waals surface area contributed by atoms with Crippen LogP contribution >= 0.6 is 0 Å². The highest BCUT2D eigenvalue weighted by Crippen LogP contribution is 2.22. The Morgan fingerprint density at radius 2 is 1.68 bits per heavy atom. The van der Waals surface area contributed by atoms with Crippen molar-refractivity contribution in [3.63, 3.8) is 0 Å². The Morgan fingerprint density at radius 3 is 2.16 bits per heavy atom. The first kappa shape index (κ1) is 16.0. The minimum absolute atomic E-state index is 0.347. The van der Waals surface area contributed by atoms with Crippen molar-refractivity contribution in [3.05, 3.63) is 29.3 Å². The van der Waals surface area contributed by atoms with E-state index in [9.17, 15) is 5.11 Å². The molecule has 1 atom stereocenters. The molecule has 3 heteroatoms. The Balaban J connectivity index is 2.58. The van der Waals surface area contributed by atoms with Crippen LogP contribution in [0.5, 0.6) is 5.75 Å². The normalized spacial score (nSPS) is 13.7. The molecule has 0 bridgehead atoms. The number of nitrogens with zero attached hydrogens (tertiary/aromatic N) is 1. The van der Waals surface area contributed by atoms with Gasteiger partial charge in [0.1, 0.15) is 25.0 Å². The molecule has 0 fully saturated rings. The molecule has 0 aromatic heterocycles. The molecule has 3 nitrogen and oxygen atoms in total. The van der Waals surface area contributed by atoms with Gasteiger partial charge in [-0.3, -0.25) is 0 Å². The highest BCUT2D eigenvalue weighted by Gasteiger charge is 2.24. The number of ether oxygens (including phenoxy) is 1. The second kappa shape index (κ2) is 6.40. The summed E-state index contributed by atoms with van der Waals surface area (Å²) in [6.07, 6.45) is -0.448. The number of hydrogen-bond acceptors (Lipinski definition) is 2. The molecule has 1 rings (SSSR count). The summed E-state index contributed by atoms with van der Waals surface area (Å²) in [5.74, 6) is 0.899. The van der Waals surface area contributed by atoms with E-state index in [1.807, 2.05) is 32.0 Å². The highest BCUT2D eigenvalue weighted by molar-refractivity contribution is 5.39. The molecule has 0 aliphatic rings. The first-order valence-corrected chi connectivity index (χ1v) is 6.94. The lowest BCUT2D eigenvalue weighted by molar-refractivity contribution is -0.914. The second-order valence-electron chi connectivity index (χ2n) is 6.24. The molecule has 0 spiro atoms. The number of quaternary nitrogens is 1. The van der Waals surface area contributed by atoms with Crippen LogP contribution in [-0.2, 0) is 0 Å². The van der Waals surface area contributed by atoms with Crippen molar-refractivity contribution >= 4 is 0 Å². The first-order valence-electron chi connectivity index (χ1n) is 6.94. The number of hydrogen-bond donors (Lipinski definition) is 1. The third-order valence-electron chi connectivity index (χ3n) is 3.91. The number of benzene rings is 1. The van der Waals surface area contributed by atoms with E-state index in [1.165, 1.54) is 0 Å². The first-order chi connectivity index (χ1) is 8.74. The Bertz CT molecular complexity index is 393. The van der Waals surface area contributed by atoms with Gasteiger partial charge in [0.05, 0.1) is 20.1 Å². The average Bonchev–Trinajstić information content (AvgIpc) is 2.27. The SMILES string of the molecule is Cc1cccc(C)c1OC[C@@H](O)C[N+](C)(C)C(C)C. The monoisotopic (exact) mass is 266 g/mol. The Labute approximate surface area is 117 Å². The predicted molar refractivity (Wildman–Crippen MR) is 79.5 cm³/mol. The van der Waals surface area contributed by atoms with Gasteiger partial charge in [0.15, 0.2) is 0 Å². The molecule has 19 heavy (non-hydrogen) atoms. The largest absolute Gasteiger partial charge is 0.490 e. The average molecular weight is 266 g/mol. The molecular formula is C16H28NO2+. The van der Waals surface area contributed by atoms with Crippen LogP contribution in [-0.4, -0.2) is 49.0 Å². The summed E-state index contributed by atoms with van der Waals surface area (Å²) in [6, 6.07) is 6.56. The van der Waals surface area contributed by atoms with Gasteiger partial charge in [-0.05, 0) is 38.8 Å². The fraction of sp³-hybridized carbons (Fsp3) is 0.625. The van der Waals surface area contributed by atoms with Crippen LogP contribution in [0.1, 0.15) is 25.0 Å². The Kier molecular flexibility index (Phi) is 5.39. The van der Waals surface area contributed by atoms with Crippen molar-refractivity contribution in [3.8, 4) is 5.75 Å². The minimum Gasteiger partial charge on any atom is -0.490 e. The summed E-state index contributed by atoms with van der Waals surface area (Å²) in [5, 5.41) is 10.1. The van der Waals surface area contributed by atoms with Crippen LogP contribution in [0.4, 0.5) is 0 Å². The van der Waals surface area contributed by atoms with Crippen molar-refractivity contribution in [1.29, 1.82) is 0 Å². The van der Waals surface area contributed by atoms with Gasteiger partial charge < -0.3 is 14.3 Å². The molecule has 1 aromatic carbocycles. The zero-order valence-electron chi connectivity index (χ0n) is 13.1. The van der Waals surface area contributed by atoms with Crippen LogP contribution in [0.2, 0.25) is 0 Å². The number of aliphatic hydroxyl groups is 1. The molecule has 0 radical (unpaired) electrons. The van der Waals surface area contributed by atoms with Gasteiger partial charge in [-0.25, -0.2) is 0 Å². The smallest absolute Gasteiger partial charge is 0.137 e. The van der Waals surface area contributed by atoms with Crippen LogP contribution in [0.3, 0.4) is 0 Å². The quantitative estimate of drug-likeness (QED) is 0.802. The van der Waals surface area contributed by atoms with Crippen molar-refractivity contribution in [1.82, 2.24) is 0 Å². The van der Waals surface area contributed by atoms with Crippen molar-refractivity contribution in [2.75, 3.05) is 27.2 Å². The van der Waals surface area contributed by atoms with Gasteiger partial charge in [0.2, 0.25) is 0 Å². The maximum absolute atomic E-state index is 10.1. The molecule has 1 aromatic rings. The van der Waals surface area contributed by atoms with Gasteiger partial charge in [0.25, 0.3) is 0 Å². The third-order valence-corrected chi connectivity index (χ3v) is 3.91. The maximum atomic E-state index is 10.1. The standard InChI is InChI=1S/C16H28NO2/c1-12(2)17(5,6)10-15(18)11-19-16-13(3)8-7-9-14(16)4/h7-9,12,15,18H,10-11H2,1-6H3/q+1/t15-/m0/s1. The van der Waals surface area contributed by atoms with Gasteiger partial charge in [-0.1, -0.05) is 18.2 Å². The number of rotatable bonds is 6. The number of likely N-dealkylation sites (N-methyl/N-ethyl adjacent to an activating group) is 1. The van der Waals surface area contributed by atoms with Crippen LogP contribution in [0.25, 0.3) is 0 Å². The van der Waals surface area contributed by atoms with E-state index in [1.54, 1.807) is 0 Å². The van der Waals surface area contributed by atoms with Crippen molar-refractivity contribution in [2.45, 2.75) is 39.8 Å². The molecule has 108 valence electrons. The second-order valence-corrected chi connectivity index (χ2v) is 6.24. The van der Waals surface area contributed by atoms with E-state index in [2.05, 4.69) is 27.9 Å².